The minimum Gasteiger partial charge on any atom is -0.367 e. The molecule has 1 atom stereocenters. The normalized spacial score (nSPS) is 16.9. The first-order valence-electron chi connectivity index (χ1n) is 9.32. The zero-order valence-corrected chi connectivity index (χ0v) is 16.9. The molecule has 1 aliphatic rings. The number of hydrogen-bond acceptors (Lipinski definition) is 4. The van der Waals surface area contributed by atoms with Crippen molar-refractivity contribution in [1.29, 1.82) is 0 Å². The van der Waals surface area contributed by atoms with Crippen LogP contribution in [0.1, 0.15) is 43.0 Å². The van der Waals surface area contributed by atoms with E-state index in [-0.39, 0.29) is 0 Å². The number of rotatable bonds is 6. The van der Waals surface area contributed by atoms with E-state index in [9.17, 15) is 0 Å². The van der Waals surface area contributed by atoms with Crippen molar-refractivity contribution in [3.63, 3.8) is 0 Å². The first-order valence-corrected chi connectivity index (χ1v) is 10.2. The summed E-state index contributed by atoms with van der Waals surface area (Å²) in [6.07, 6.45) is 1.13. The van der Waals surface area contributed by atoms with Crippen LogP contribution in [0.25, 0.3) is 0 Å². The van der Waals surface area contributed by atoms with Gasteiger partial charge >= 0.3 is 0 Å². The molecule has 0 spiro atoms. The number of hydrogen-bond donors (Lipinski definition) is 2. The standard InChI is InChI=1S/C20H29N5S/c1-14(2)17-13-26-19(24-17)12-23-20(21-4)22-9-10-25-15(3)11-16-7-5-6-8-18(16)25/h5-8,13-15H,9-12H2,1-4H3,(H2,21,22,23). The third-order valence-corrected chi connectivity index (χ3v) is 5.65. The summed E-state index contributed by atoms with van der Waals surface area (Å²) >= 11 is 1.70. The maximum Gasteiger partial charge on any atom is 0.191 e. The number of nitrogens with zero attached hydrogens (tertiary/aromatic N) is 3. The van der Waals surface area contributed by atoms with Crippen LogP contribution in [-0.4, -0.2) is 37.1 Å². The van der Waals surface area contributed by atoms with Gasteiger partial charge in [0.1, 0.15) is 5.01 Å². The van der Waals surface area contributed by atoms with Crippen LogP contribution in [0.15, 0.2) is 34.6 Å². The number of aliphatic imine (C=N–C) groups is 1. The van der Waals surface area contributed by atoms with Crippen LogP contribution >= 0.6 is 11.3 Å². The van der Waals surface area contributed by atoms with Crippen LogP contribution < -0.4 is 15.5 Å². The molecule has 3 rings (SSSR count). The maximum absolute atomic E-state index is 4.66. The molecule has 6 heteroatoms. The maximum atomic E-state index is 4.66. The summed E-state index contributed by atoms with van der Waals surface area (Å²) in [7, 11) is 1.81. The molecule has 0 amide bonds. The minimum atomic E-state index is 0.475. The van der Waals surface area contributed by atoms with E-state index in [1.54, 1.807) is 11.3 Å². The van der Waals surface area contributed by atoms with Gasteiger partial charge in [-0.2, -0.15) is 0 Å². The Morgan fingerprint density at radius 2 is 2.15 bits per heavy atom. The number of para-hydroxylation sites is 1. The predicted octanol–water partition coefficient (Wildman–Crippen LogP) is 3.38. The Kier molecular flexibility index (Phi) is 6.14. The number of guanidine groups is 1. The van der Waals surface area contributed by atoms with E-state index in [2.05, 4.69) is 75.9 Å². The topological polar surface area (TPSA) is 52.6 Å². The monoisotopic (exact) mass is 371 g/mol. The number of nitrogens with one attached hydrogen (secondary N) is 2. The van der Waals surface area contributed by atoms with Crippen molar-refractivity contribution in [2.75, 3.05) is 25.0 Å². The van der Waals surface area contributed by atoms with Gasteiger partial charge in [0.05, 0.1) is 12.2 Å². The highest BCUT2D eigenvalue weighted by atomic mass is 32.1. The van der Waals surface area contributed by atoms with Gasteiger partial charge in [-0.05, 0) is 30.9 Å². The Morgan fingerprint density at radius 3 is 2.88 bits per heavy atom. The summed E-state index contributed by atoms with van der Waals surface area (Å²) in [5.74, 6) is 1.30. The third kappa shape index (κ3) is 4.36. The van der Waals surface area contributed by atoms with Gasteiger partial charge in [-0.25, -0.2) is 4.98 Å². The second-order valence-corrected chi connectivity index (χ2v) is 7.99. The highest BCUT2D eigenvalue weighted by molar-refractivity contribution is 7.09. The molecular weight excluding hydrogens is 342 g/mol. The van der Waals surface area contributed by atoms with Crippen LogP contribution in [0.5, 0.6) is 0 Å². The summed E-state index contributed by atoms with van der Waals surface area (Å²) in [4.78, 5) is 11.5. The fourth-order valence-electron chi connectivity index (χ4n) is 3.32. The third-order valence-electron chi connectivity index (χ3n) is 4.79. The lowest BCUT2D eigenvalue weighted by Gasteiger charge is -2.25. The van der Waals surface area contributed by atoms with Crippen LogP contribution in [0, 0.1) is 0 Å². The van der Waals surface area contributed by atoms with E-state index in [0.717, 1.165) is 36.2 Å². The molecule has 2 aromatic rings. The smallest absolute Gasteiger partial charge is 0.191 e. The van der Waals surface area contributed by atoms with Crippen molar-refractivity contribution in [2.24, 2.45) is 4.99 Å². The molecule has 2 heterocycles. The summed E-state index contributed by atoms with van der Waals surface area (Å²) in [5, 5.41) is 10.0. The molecule has 0 bridgehead atoms. The van der Waals surface area contributed by atoms with E-state index in [1.807, 2.05) is 7.05 Å². The van der Waals surface area contributed by atoms with Crippen LogP contribution in [0.4, 0.5) is 5.69 Å². The second kappa shape index (κ2) is 8.54. The number of aromatic nitrogens is 1. The van der Waals surface area contributed by atoms with Crippen molar-refractivity contribution in [2.45, 2.75) is 45.7 Å². The van der Waals surface area contributed by atoms with E-state index in [1.165, 1.54) is 11.3 Å². The van der Waals surface area contributed by atoms with Crippen molar-refractivity contribution >= 4 is 23.0 Å². The summed E-state index contributed by atoms with van der Waals surface area (Å²) in [5.41, 5.74) is 3.98. The predicted molar refractivity (Wildman–Crippen MR) is 111 cm³/mol. The van der Waals surface area contributed by atoms with Gasteiger partial charge in [-0.15, -0.1) is 11.3 Å². The van der Waals surface area contributed by atoms with Gasteiger partial charge in [0.15, 0.2) is 5.96 Å². The lowest BCUT2D eigenvalue weighted by Crippen LogP contribution is -2.42. The molecule has 140 valence electrons. The van der Waals surface area contributed by atoms with Gasteiger partial charge in [-0.3, -0.25) is 4.99 Å². The molecular formula is C20H29N5S. The van der Waals surface area contributed by atoms with E-state index < -0.39 is 0 Å². The highest BCUT2D eigenvalue weighted by Gasteiger charge is 2.24. The lowest BCUT2D eigenvalue weighted by atomic mass is 10.1. The molecule has 26 heavy (non-hydrogen) atoms. The molecule has 0 aliphatic carbocycles. The van der Waals surface area contributed by atoms with Crippen molar-refractivity contribution < 1.29 is 0 Å². The first kappa shape index (κ1) is 18.7. The van der Waals surface area contributed by atoms with Crippen molar-refractivity contribution in [3.8, 4) is 0 Å². The Bertz CT molecular complexity index is 752. The number of benzene rings is 1. The van der Waals surface area contributed by atoms with Crippen molar-refractivity contribution in [3.05, 3.63) is 45.9 Å². The molecule has 1 unspecified atom stereocenters. The fraction of sp³-hybridized carbons (Fsp3) is 0.500. The van der Waals surface area contributed by atoms with Crippen molar-refractivity contribution in [1.82, 2.24) is 15.6 Å². The average Bonchev–Trinajstić information content (AvgIpc) is 3.22. The first-order chi connectivity index (χ1) is 12.6. The van der Waals surface area contributed by atoms with Crippen LogP contribution in [0.3, 0.4) is 0 Å². The van der Waals surface area contributed by atoms with Crippen LogP contribution in [-0.2, 0) is 13.0 Å². The molecule has 2 N–H and O–H groups in total. The molecule has 1 aliphatic heterocycles. The SMILES string of the molecule is CN=C(NCCN1c2ccccc2CC1C)NCc1nc(C(C)C)cs1. The van der Waals surface area contributed by atoms with Crippen LogP contribution in [0.2, 0.25) is 0 Å². The minimum absolute atomic E-state index is 0.475. The second-order valence-electron chi connectivity index (χ2n) is 7.05. The summed E-state index contributed by atoms with van der Waals surface area (Å²) in [6, 6.07) is 9.26. The van der Waals surface area contributed by atoms with Gasteiger partial charge in [0.25, 0.3) is 0 Å². The molecule has 0 saturated heterocycles. The lowest BCUT2D eigenvalue weighted by molar-refractivity contribution is 0.656. The zero-order chi connectivity index (χ0) is 18.5. The number of anilines is 1. The summed E-state index contributed by atoms with van der Waals surface area (Å²) < 4.78 is 0. The van der Waals surface area contributed by atoms with Gasteiger partial charge in [-0.1, -0.05) is 32.0 Å². The Morgan fingerprint density at radius 1 is 1.35 bits per heavy atom. The Hall–Kier alpha value is -2.08. The summed E-state index contributed by atoms with van der Waals surface area (Å²) in [6.45, 7) is 9.16. The highest BCUT2D eigenvalue weighted by Crippen LogP contribution is 2.31. The van der Waals surface area contributed by atoms with E-state index in [4.69, 9.17) is 0 Å². The van der Waals surface area contributed by atoms with E-state index >= 15 is 0 Å². The van der Waals surface area contributed by atoms with Gasteiger partial charge in [0.2, 0.25) is 0 Å². The molecule has 5 nitrogen and oxygen atoms in total. The quantitative estimate of drug-likeness (QED) is 0.604. The zero-order valence-electron chi connectivity index (χ0n) is 16.1. The van der Waals surface area contributed by atoms with Gasteiger partial charge < -0.3 is 15.5 Å². The average molecular weight is 372 g/mol. The molecule has 1 aromatic carbocycles. The largest absolute Gasteiger partial charge is 0.367 e. The van der Waals surface area contributed by atoms with Gasteiger partial charge in [0, 0.05) is 37.2 Å². The Labute approximate surface area is 160 Å². The van der Waals surface area contributed by atoms with E-state index in [0.29, 0.717) is 18.5 Å². The Balaban J connectivity index is 1.47. The number of thiazole rings is 1. The number of fused-ring (bicyclic) bond motifs is 1. The fourth-order valence-corrected chi connectivity index (χ4v) is 4.21. The molecule has 0 fully saturated rings. The molecule has 1 aromatic heterocycles. The molecule has 0 saturated carbocycles. The molecule has 0 radical (unpaired) electrons.